The summed E-state index contributed by atoms with van der Waals surface area (Å²) in [6, 6.07) is 19.6. The fourth-order valence-corrected chi connectivity index (χ4v) is 4.04. The summed E-state index contributed by atoms with van der Waals surface area (Å²) in [7, 11) is -7.45. The average molecular weight is 402 g/mol. The Bertz CT molecular complexity index is 1140. The molecule has 0 aliphatic rings. The van der Waals surface area contributed by atoms with Gasteiger partial charge in [0, 0.05) is 6.26 Å². The molecule has 0 saturated carbocycles. The molecule has 3 rings (SSSR count). The third kappa shape index (κ3) is 4.56. The molecule has 0 radical (unpaired) electrons. The fourth-order valence-electron chi connectivity index (χ4n) is 2.48. The van der Waals surface area contributed by atoms with Crippen LogP contribution in [0.15, 0.2) is 82.6 Å². The van der Waals surface area contributed by atoms with Crippen LogP contribution in [0.1, 0.15) is 5.56 Å². The maximum Gasteiger partial charge on any atom is 0.339 e. The Morgan fingerprint density at radius 1 is 0.630 bits per heavy atom. The van der Waals surface area contributed by atoms with Gasteiger partial charge in [0.25, 0.3) is 0 Å². The van der Waals surface area contributed by atoms with Crippen molar-refractivity contribution in [3.63, 3.8) is 0 Å². The minimum Gasteiger partial charge on any atom is -0.379 e. The van der Waals surface area contributed by atoms with E-state index in [0.29, 0.717) is 0 Å². The molecule has 0 bridgehead atoms. The molecule has 0 fully saturated rings. The molecule has 0 heterocycles. The molecule has 0 atom stereocenters. The maximum absolute atomic E-state index is 12.4. The second kappa shape index (κ2) is 7.17. The van der Waals surface area contributed by atoms with Gasteiger partial charge in [-0.3, -0.25) is 0 Å². The van der Waals surface area contributed by atoms with E-state index in [1.54, 1.807) is 24.3 Å². The Morgan fingerprint density at radius 2 is 1.07 bits per heavy atom. The van der Waals surface area contributed by atoms with E-state index in [0.717, 1.165) is 22.9 Å². The van der Waals surface area contributed by atoms with Gasteiger partial charge in [-0.1, -0.05) is 42.0 Å². The van der Waals surface area contributed by atoms with E-state index < -0.39 is 20.0 Å². The number of hydrogen-bond acceptors (Lipinski definition) is 5. The minimum absolute atomic E-state index is 0.0453. The van der Waals surface area contributed by atoms with Gasteiger partial charge in [-0.25, -0.2) is 8.42 Å². The zero-order chi connectivity index (χ0) is 19.7. The van der Waals surface area contributed by atoms with Crippen LogP contribution in [0.4, 0.5) is 0 Å². The maximum atomic E-state index is 12.4. The molecule has 0 saturated heterocycles. The number of hydrogen-bond donors (Lipinski definition) is 0. The van der Waals surface area contributed by atoms with E-state index in [-0.39, 0.29) is 15.5 Å². The highest BCUT2D eigenvalue weighted by atomic mass is 32.2. The van der Waals surface area contributed by atoms with Crippen LogP contribution in [0.2, 0.25) is 0 Å². The summed E-state index contributed by atoms with van der Waals surface area (Å²) in [5.41, 5.74) is 3.12. The number of rotatable bonds is 5. The van der Waals surface area contributed by atoms with Crippen molar-refractivity contribution >= 4 is 20.0 Å². The van der Waals surface area contributed by atoms with E-state index >= 15 is 0 Å². The highest BCUT2D eigenvalue weighted by Gasteiger charge is 2.18. The third-order valence-corrected chi connectivity index (χ3v) is 6.38. The Hall–Kier alpha value is -2.64. The summed E-state index contributed by atoms with van der Waals surface area (Å²) in [4.78, 5) is -0.0681. The van der Waals surface area contributed by atoms with Crippen LogP contribution in [0.3, 0.4) is 0 Å². The molecule has 27 heavy (non-hydrogen) atoms. The van der Waals surface area contributed by atoms with Crippen molar-refractivity contribution in [2.45, 2.75) is 16.7 Å². The monoisotopic (exact) mass is 402 g/mol. The molecule has 140 valence electrons. The SMILES string of the molecule is Cc1ccc(-c2ccc(OS(=O)(=O)c3ccc(S(C)(=O)=O)cc3)cc2)cc1. The summed E-state index contributed by atoms with van der Waals surface area (Å²) >= 11 is 0. The molecule has 0 aliphatic heterocycles. The van der Waals surface area contributed by atoms with Gasteiger partial charge in [-0.15, -0.1) is 0 Å². The minimum atomic E-state index is -4.05. The quantitative estimate of drug-likeness (QED) is 0.606. The van der Waals surface area contributed by atoms with Gasteiger partial charge in [0.1, 0.15) is 10.6 Å². The van der Waals surface area contributed by atoms with Crippen LogP contribution in [0.25, 0.3) is 11.1 Å². The molecular weight excluding hydrogens is 384 g/mol. The molecule has 3 aromatic rings. The van der Waals surface area contributed by atoms with Crippen molar-refractivity contribution in [3.8, 4) is 16.9 Å². The molecule has 5 nitrogen and oxygen atoms in total. The number of aryl methyl sites for hydroxylation is 1. The lowest BCUT2D eigenvalue weighted by atomic mass is 10.0. The molecule has 3 aromatic carbocycles. The first-order chi connectivity index (χ1) is 12.6. The van der Waals surface area contributed by atoms with Crippen molar-refractivity contribution in [2.24, 2.45) is 0 Å². The average Bonchev–Trinajstić information content (AvgIpc) is 2.62. The van der Waals surface area contributed by atoms with Gasteiger partial charge in [-0.2, -0.15) is 8.42 Å². The van der Waals surface area contributed by atoms with Crippen LogP contribution >= 0.6 is 0 Å². The van der Waals surface area contributed by atoms with Gasteiger partial charge in [0.15, 0.2) is 9.84 Å². The van der Waals surface area contributed by atoms with Gasteiger partial charge in [0.05, 0.1) is 4.90 Å². The predicted octanol–water partition coefficient (Wildman–Crippen LogP) is 3.83. The molecule has 0 amide bonds. The summed E-state index contributed by atoms with van der Waals surface area (Å²) in [6.07, 6.45) is 1.06. The predicted molar refractivity (Wildman–Crippen MR) is 104 cm³/mol. The number of sulfone groups is 1. The summed E-state index contributed by atoms with van der Waals surface area (Å²) in [6.45, 7) is 2.01. The molecule has 0 aliphatic carbocycles. The Labute approximate surface area is 159 Å². The van der Waals surface area contributed by atoms with Crippen molar-refractivity contribution < 1.29 is 21.0 Å². The van der Waals surface area contributed by atoms with Gasteiger partial charge in [0.2, 0.25) is 0 Å². The standard InChI is InChI=1S/C20H18O5S2/c1-15-3-5-16(6-4-15)17-7-9-18(10-8-17)25-27(23,24)20-13-11-19(12-14-20)26(2,21)22/h3-14H,1-2H3. The van der Waals surface area contributed by atoms with Gasteiger partial charge in [-0.05, 0) is 54.4 Å². The Morgan fingerprint density at radius 3 is 1.56 bits per heavy atom. The van der Waals surface area contributed by atoms with E-state index in [1.807, 2.05) is 31.2 Å². The number of benzene rings is 3. The van der Waals surface area contributed by atoms with E-state index in [4.69, 9.17) is 4.18 Å². The van der Waals surface area contributed by atoms with Crippen molar-refractivity contribution in [1.82, 2.24) is 0 Å². The smallest absolute Gasteiger partial charge is 0.339 e. The second-order valence-electron chi connectivity index (χ2n) is 6.17. The highest BCUT2D eigenvalue weighted by Crippen LogP contribution is 2.25. The van der Waals surface area contributed by atoms with Crippen LogP contribution in [0.5, 0.6) is 5.75 Å². The largest absolute Gasteiger partial charge is 0.379 e. The molecule has 7 heteroatoms. The lowest BCUT2D eigenvalue weighted by molar-refractivity contribution is 0.486. The highest BCUT2D eigenvalue weighted by molar-refractivity contribution is 7.90. The third-order valence-electron chi connectivity index (χ3n) is 3.99. The topological polar surface area (TPSA) is 77.5 Å². The normalized spacial score (nSPS) is 11.9. The molecule has 0 unspecified atom stereocenters. The van der Waals surface area contributed by atoms with Crippen molar-refractivity contribution in [2.75, 3.05) is 6.26 Å². The van der Waals surface area contributed by atoms with Gasteiger partial charge < -0.3 is 4.18 Å². The molecular formula is C20H18O5S2. The fraction of sp³-hybridized carbons (Fsp3) is 0.100. The van der Waals surface area contributed by atoms with Crippen molar-refractivity contribution in [3.05, 3.63) is 78.4 Å². The Balaban J connectivity index is 1.80. The first kappa shape index (κ1) is 19.1. The zero-order valence-corrected chi connectivity index (χ0v) is 16.4. The first-order valence-corrected chi connectivity index (χ1v) is 11.4. The van der Waals surface area contributed by atoms with Crippen LogP contribution in [0, 0.1) is 6.92 Å². The molecule has 0 N–H and O–H groups in total. The lowest BCUT2D eigenvalue weighted by Gasteiger charge is -2.09. The first-order valence-electron chi connectivity index (χ1n) is 8.07. The van der Waals surface area contributed by atoms with Crippen LogP contribution in [-0.4, -0.2) is 23.1 Å². The van der Waals surface area contributed by atoms with Crippen LogP contribution < -0.4 is 4.18 Å². The van der Waals surface area contributed by atoms with E-state index in [1.165, 1.54) is 24.3 Å². The van der Waals surface area contributed by atoms with Crippen molar-refractivity contribution in [1.29, 1.82) is 0 Å². The summed E-state index contributed by atoms with van der Waals surface area (Å²) in [5.74, 6) is 0.179. The lowest BCUT2D eigenvalue weighted by Crippen LogP contribution is -2.10. The van der Waals surface area contributed by atoms with E-state index in [2.05, 4.69) is 0 Å². The van der Waals surface area contributed by atoms with E-state index in [9.17, 15) is 16.8 Å². The molecule has 0 aromatic heterocycles. The molecule has 0 spiro atoms. The van der Waals surface area contributed by atoms with Gasteiger partial charge >= 0.3 is 10.1 Å². The zero-order valence-electron chi connectivity index (χ0n) is 14.8. The Kier molecular flexibility index (Phi) is 5.08. The second-order valence-corrected chi connectivity index (χ2v) is 9.73. The summed E-state index contributed by atoms with van der Waals surface area (Å²) < 4.78 is 52.9. The summed E-state index contributed by atoms with van der Waals surface area (Å²) in [5, 5.41) is 0. The van der Waals surface area contributed by atoms with Crippen LogP contribution in [-0.2, 0) is 20.0 Å².